The van der Waals surface area contributed by atoms with Crippen LogP contribution in [0, 0.1) is 0 Å². The van der Waals surface area contributed by atoms with Crippen molar-refractivity contribution < 1.29 is 13.6 Å². The predicted octanol–water partition coefficient (Wildman–Crippen LogP) is 0.0187. The number of hydrogen-bond donors (Lipinski definition) is 2. The van der Waals surface area contributed by atoms with Crippen LogP contribution in [0.15, 0.2) is 0 Å². The van der Waals surface area contributed by atoms with Crippen LogP contribution >= 0.6 is 8.25 Å². The van der Waals surface area contributed by atoms with Crippen molar-refractivity contribution in [2.24, 2.45) is 11.5 Å². The molecule has 0 aliphatic heterocycles. The van der Waals surface area contributed by atoms with Crippen LogP contribution in [0.5, 0.6) is 0 Å². The Balaban J connectivity index is 3.44. The third kappa shape index (κ3) is 6.19. The average Bonchev–Trinajstić information content (AvgIpc) is 1.58. The Kier molecular flexibility index (Phi) is 4.85. The van der Waals surface area contributed by atoms with Crippen LogP contribution in [0.25, 0.3) is 0 Å². The van der Waals surface area contributed by atoms with Gasteiger partial charge in [0.05, 0.1) is 0 Å². The molecule has 62 valence electrons. The van der Waals surface area contributed by atoms with E-state index in [0.717, 1.165) is 0 Å². The van der Waals surface area contributed by atoms with E-state index in [9.17, 15) is 4.57 Å². The van der Waals surface area contributed by atoms with Crippen molar-refractivity contribution in [1.82, 2.24) is 0 Å². The molecule has 0 fully saturated rings. The van der Waals surface area contributed by atoms with Crippen LogP contribution in [0.2, 0.25) is 0 Å². The molecule has 0 radical (unpaired) electrons. The van der Waals surface area contributed by atoms with Crippen LogP contribution in [0.1, 0.15) is 13.8 Å². The molecule has 0 saturated heterocycles. The molecule has 0 aromatic carbocycles. The SMILES string of the molecule is CC(N)O[PH](=O)OC(C)N. The molecule has 10 heavy (non-hydrogen) atoms. The van der Waals surface area contributed by atoms with Crippen molar-refractivity contribution in [2.75, 3.05) is 0 Å². The third-order valence-corrected chi connectivity index (χ3v) is 1.69. The molecular formula is C4H13N2O3P. The van der Waals surface area contributed by atoms with Gasteiger partial charge in [-0.25, -0.2) is 0 Å². The van der Waals surface area contributed by atoms with Gasteiger partial charge in [-0.2, -0.15) is 0 Å². The Hall–Kier alpha value is 0.0700. The largest absolute Gasteiger partial charge is 0.322 e. The fraction of sp³-hybridized carbons (Fsp3) is 1.00. The summed E-state index contributed by atoms with van der Waals surface area (Å²) < 4.78 is 19.8. The molecule has 2 unspecified atom stereocenters. The fourth-order valence-corrected chi connectivity index (χ4v) is 0.994. The lowest BCUT2D eigenvalue weighted by Gasteiger charge is -2.09. The van der Waals surface area contributed by atoms with Gasteiger partial charge in [0.1, 0.15) is 12.5 Å². The summed E-state index contributed by atoms with van der Waals surface area (Å²) in [7, 11) is -2.49. The van der Waals surface area contributed by atoms with Crippen molar-refractivity contribution >= 4 is 8.25 Å². The van der Waals surface area contributed by atoms with Crippen LogP contribution in [0.4, 0.5) is 0 Å². The van der Waals surface area contributed by atoms with Gasteiger partial charge in [-0.05, 0) is 13.8 Å². The summed E-state index contributed by atoms with van der Waals surface area (Å²) in [5.74, 6) is 0. The lowest BCUT2D eigenvalue weighted by atomic mass is 10.7. The molecule has 0 aromatic rings. The highest BCUT2D eigenvalue weighted by atomic mass is 31.1. The molecular weight excluding hydrogens is 155 g/mol. The zero-order valence-electron chi connectivity index (χ0n) is 6.03. The Morgan fingerprint density at radius 2 is 1.50 bits per heavy atom. The Morgan fingerprint density at radius 1 is 1.20 bits per heavy atom. The third-order valence-electron chi connectivity index (χ3n) is 0.564. The van der Waals surface area contributed by atoms with Gasteiger partial charge in [0.2, 0.25) is 0 Å². The average molecular weight is 168 g/mol. The molecule has 5 nitrogen and oxygen atoms in total. The van der Waals surface area contributed by atoms with Crippen LogP contribution in [0.3, 0.4) is 0 Å². The molecule has 4 N–H and O–H groups in total. The Morgan fingerprint density at radius 3 is 1.70 bits per heavy atom. The highest BCUT2D eigenvalue weighted by Crippen LogP contribution is 2.25. The summed E-state index contributed by atoms with van der Waals surface area (Å²) in [6.45, 7) is 3.13. The maximum atomic E-state index is 10.6. The summed E-state index contributed by atoms with van der Waals surface area (Å²) in [6.07, 6.45) is -1.16. The summed E-state index contributed by atoms with van der Waals surface area (Å²) >= 11 is 0. The molecule has 0 aliphatic carbocycles. The van der Waals surface area contributed by atoms with Crippen LogP contribution < -0.4 is 11.5 Å². The van der Waals surface area contributed by atoms with E-state index in [0.29, 0.717) is 0 Å². The van der Waals surface area contributed by atoms with E-state index in [2.05, 4.69) is 9.05 Å². The minimum atomic E-state index is -2.49. The first-order valence-electron chi connectivity index (χ1n) is 2.91. The number of rotatable bonds is 4. The molecule has 0 spiro atoms. The van der Waals surface area contributed by atoms with E-state index in [-0.39, 0.29) is 0 Å². The van der Waals surface area contributed by atoms with Gasteiger partial charge in [-0.1, -0.05) is 0 Å². The molecule has 0 aliphatic rings. The van der Waals surface area contributed by atoms with Gasteiger partial charge in [-0.3, -0.25) is 13.6 Å². The fourth-order valence-electron chi connectivity index (χ4n) is 0.331. The number of hydrogen-bond acceptors (Lipinski definition) is 5. The summed E-state index contributed by atoms with van der Waals surface area (Å²) in [6, 6.07) is 0. The quantitative estimate of drug-likeness (QED) is 0.456. The molecule has 0 saturated carbocycles. The van der Waals surface area contributed by atoms with E-state index in [4.69, 9.17) is 11.5 Å². The smallest absolute Gasteiger partial charge is 0.306 e. The molecule has 0 aromatic heterocycles. The van der Waals surface area contributed by atoms with Crippen molar-refractivity contribution in [3.05, 3.63) is 0 Å². The summed E-state index contributed by atoms with van der Waals surface area (Å²) in [5, 5.41) is 0. The van der Waals surface area contributed by atoms with Gasteiger partial charge in [0, 0.05) is 0 Å². The normalized spacial score (nSPS) is 20.0. The molecule has 0 amide bonds. The van der Waals surface area contributed by atoms with E-state index >= 15 is 0 Å². The van der Waals surface area contributed by atoms with Gasteiger partial charge >= 0.3 is 8.25 Å². The molecule has 0 rings (SSSR count). The van der Waals surface area contributed by atoms with E-state index in [1.54, 1.807) is 13.8 Å². The lowest BCUT2D eigenvalue weighted by Crippen LogP contribution is -2.19. The highest BCUT2D eigenvalue weighted by molar-refractivity contribution is 7.33. The number of nitrogens with two attached hydrogens (primary N) is 2. The summed E-state index contributed by atoms with van der Waals surface area (Å²) in [5.41, 5.74) is 10.3. The van der Waals surface area contributed by atoms with Gasteiger partial charge in [0.25, 0.3) is 0 Å². The van der Waals surface area contributed by atoms with Crippen LogP contribution in [-0.2, 0) is 13.6 Å². The standard InChI is InChI=1S/C4H13N2O3P/c1-3(5)8-10(7)9-4(2)6/h3-4,10H,5-6H2,1-2H3. The van der Waals surface area contributed by atoms with Crippen molar-refractivity contribution in [1.29, 1.82) is 0 Å². The zero-order chi connectivity index (χ0) is 8.15. The van der Waals surface area contributed by atoms with Crippen molar-refractivity contribution in [2.45, 2.75) is 26.3 Å². The minimum Gasteiger partial charge on any atom is -0.306 e. The second-order valence-electron chi connectivity index (χ2n) is 1.90. The first-order chi connectivity index (χ1) is 4.52. The molecule has 0 bridgehead atoms. The van der Waals surface area contributed by atoms with Gasteiger partial charge < -0.3 is 11.5 Å². The zero-order valence-corrected chi connectivity index (χ0v) is 7.03. The maximum Gasteiger partial charge on any atom is 0.322 e. The second-order valence-corrected chi connectivity index (χ2v) is 2.87. The van der Waals surface area contributed by atoms with Crippen molar-refractivity contribution in [3.63, 3.8) is 0 Å². The maximum absolute atomic E-state index is 10.6. The highest BCUT2D eigenvalue weighted by Gasteiger charge is 2.04. The first kappa shape index (κ1) is 10.1. The molecule has 6 heteroatoms. The van der Waals surface area contributed by atoms with E-state index < -0.39 is 20.7 Å². The Labute approximate surface area is 60.6 Å². The topological polar surface area (TPSA) is 87.6 Å². The second kappa shape index (κ2) is 4.82. The monoisotopic (exact) mass is 168 g/mol. The van der Waals surface area contributed by atoms with Crippen molar-refractivity contribution in [3.8, 4) is 0 Å². The lowest BCUT2D eigenvalue weighted by molar-refractivity contribution is 0.151. The summed E-state index contributed by atoms with van der Waals surface area (Å²) in [4.78, 5) is 0. The predicted molar refractivity (Wildman–Crippen MR) is 38.5 cm³/mol. The first-order valence-corrected chi connectivity index (χ1v) is 4.13. The minimum absolute atomic E-state index is 0.579. The molecule has 0 heterocycles. The Bertz CT molecular complexity index is 105. The van der Waals surface area contributed by atoms with Gasteiger partial charge in [0.15, 0.2) is 0 Å². The van der Waals surface area contributed by atoms with Crippen LogP contribution in [-0.4, -0.2) is 12.5 Å². The van der Waals surface area contributed by atoms with Gasteiger partial charge in [-0.15, -0.1) is 0 Å². The van der Waals surface area contributed by atoms with E-state index in [1.807, 2.05) is 0 Å². The molecule has 2 atom stereocenters. The van der Waals surface area contributed by atoms with E-state index in [1.165, 1.54) is 0 Å².